The molecular weight excluding hydrogens is 702 g/mol. The summed E-state index contributed by atoms with van der Waals surface area (Å²) in [6.45, 7) is 20.7. The molecule has 0 spiro atoms. The van der Waals surface area contributed by atoms with Crippen LogP contribution in [0.4, 0.5) is 0 Å². The van der Waals surface area contributed by atoms with Crippen molar-refractivity contribution in [3.63, 3.8) is 0 Å². The predicted octanol–water partition coefficient (Wildman–Crippen LogP) is 1.28. The van der Waals surface area contributed by atoms with Crippen molar-refractivity contribution in [3.8, 4) is 0 Å². The van der Waals surface area contributed by atoms with Gasteiger partial charge in [0, 0.05) is 38.7 Å². The molecule has 0 radical (unpaired) electrons. The van der Waals surface area contributed by atoms with E-state index in [1.807, 2.05) is 40.7 Å². The summed E-state index contributed by atoms with van der Waals surface area (Å²) in [5, 5.41) is 5.79. The van der Waals surface area contributed by atoms with Crippen LogP contribution < -0.4 is 22.1 Å². The Morgan fingerprint density at radius 2 is 1.02 bits per heavy atom. The Hall–Kier alpha value is -2.25. The second-order valence-electron chi connectivity index (χ2n) is 14.1. The Morgan fingerprint density at radius 1 is 0.648 bits per heavy atom. The lowest BCUT2D eigenvalue weighted by molar-refractivity contribution is -0.135. The standard InChI is InChI=1S/C38H75N5O11/c1-31(2)33(43(7)37(46)35(40)38(4,5)6)30-32(3)36(45)42-13-9-8-12-41-34(44)10-14-47-16-18-49-20-22-51-24-26-53-28-29-54-27-25-52-23-21-50-19-17-48-15-11-39/h30-31,33,35H,8-29,39-40H2,1-7H3,(H,41,44)(H,42,45)/b32-30+/t33-,35-/m1/s1. The van der Waals surface area contributed by atoms with E-state index in [4.69, 9.17) is 49.4 Å². The minimum Gasteiger partial charge on any atom is -0.379 e. The molecule has 0 aliphatic heterocycles. The summed E-state index contributed by atoms with van der Waals surface area (Å²) < 4.78 is 43.4. The molecule has 0 saturated carbocycles. The third-order valence-electron chi connectivity index (χ3n) is 8.01. The lowest BCUT2D eigenvalue weighted by atomic mass is 9.86. The third-order valence-corrected chi connectivity index (χ3v) is 8.01. The van der Waals surface area contributed by atoms with E-state index in [2.05, 4.69) is 10.6 Å². The van der Waals surface area contributed by atoms with Crippen molar-refractivity contribution in [2.24, 2.45) is 22.8 Å². The van der Waals surface area contributed by atoms with E-state index >= 15 is 0 Å². The summed E-state index contributed by atoms with van der Waals surface area (Å²) in [6.07, 6.45) is 3.54. The van der Waals surface area contributed by atoms with Gasteiger partial charge in [-0.15, -0.1) is 0 Å². The predicted molar refractivity (Wildman–Crippen MR) is 208 cm³/mol. The smallest absolute Gasteiger partial charge is 0.246 e. The number of unbranched alkanes of at least 4 members (excludes halogenated alkanes) is 1. The van der Waals surface area contributed by atoms with Gasteiger partial charge in [0.1, 0.15) is 0 Å². The summed E-state index contributed by atoms with van der Waals surface area (Å²) in [6, 6.07) is -0.897. The molecule has 0 aromatic rings. The van der Waals surface area contributed by atoms with E-state index in [0.717, 1.165) is 6.42 Å². The first-order valence-corrected chi connectivity index (χ1v) is 19.4. The molecule has 54 heavy (non-hydrogen) atoms. The molecule has 2 atom stereocenters. The lowest BCUT2D eigenvalue weighted by Gasteiger charge is -2.35. The van der Waals surface area contributed by atoms with Gasteiger partial charge in [-0.05, 0) is 31.1 Å². The highest BCUT2D eigenvalue weighted by molar-refractivity contribution is 5.93. The van der Waals surface area contributed by atoms with Gasteiger partial charge in [-0.1, -0.05) is 40.7 Å². The van der Waals surface area contributed by atoms with Crippen molar-refractivity contribution in [2.45, 2.75) is 72.9 Å². The minimum absolute atomic E-state index is 0.0853. The summed E-state index contributed by atoms with van der Waals surface area (Å²) in [4.78, 5) is 39.3. The zero-order valence-electron chi connectivity index (χ0n) is 34.5. The summed E-state index contributed by atoms with van der Waals surface area (Å²) >= 11 is 0. The average molecular weight is 778 g/mol. The van der Waals surface area contributed by atoms with Crippen LogP contribution in [0.5, 0.6) is 0 Å². The molecule has 0 heterocycles. The summed E-state index contributed by atoms with van der Waals surface area (Å²) in [7, 11) is 1.73. The molecule has 0 unspecified atom stereocenters. The van der Waals surface area contributed by atoms with Crippen LogP contribution in [0.15, 0.2) is 11.6 Å². The molecule has 0 fully saturated rings. The molecule has 0 aliphatic carbocycles. The van der Waals surface area contributed by atoms with Crippen LogP contribution in [-0.2, 0) is 52.3 Å². The van der Waals surface area contributed by atoms with Crippen molar-refractivity contribution in [1.82, 2.24) is 15.5 Å². The van der Waals surface area contributed by atoms with Gasteiger partial charge in [-0.3, -0.25) is 14.4 Å². The van der Waals surface area contributed by atoms with Crippen LogP contribution in [0.1, 0.15) is 60.8 Å². The van der Waals surface area contributed by atoms with E-state index in [1.54, 1.807) is 18.9 Å². The lowest BCUT2D eigenvalue weighted by Crippen LogP contribution is -2.52. The Kier molecular flexibility index (Phi) is 32.6. The number of nitrogens with two attached hydrogens (primary N) is 2. The topological polar surface area (TPSA) is 204 Å². The number of nitrogens with zero attached hydrogens (tertiary/aromatic N) is 1. The molecule has 0 aliphatic rings. The van der Waals surface area contributed by atoms with Gasteiger partial charge in [0.05, 0.1) is 118 Å². The Morgan fingerprint density at radius 3 is 1.39 bits per heavy atom. The average Bonchev–Trinajstić information content (AvgIpc) is 3.13. The number of hydrogen-bond acceptors (Lipinski definition) is 13. The van der Waals surface area contributed by atoms with E-state index in [0.29, 0.717) is 137 Å². The first-order chi connectivity index (χ1) is 25.8. The summed E-state index contributed by atoms with van der Waals surface area (Å²) in [5.74, 6) is -0.314. The van der Waals surface area contributed by atoms with E-state index in [9.17, 15) is 14.4 Å². The molecule has 16 heteroatoms. The molecule has 0 aromatic carbocycles. The fourth-order valence-electron chi connectivity index (χ4n) is 4.62. The Balaban J connectivity index is 3.67. The molecule has 3 amide bonds. The van der Waals surface area contributed by atoms with Crippen molar-refractivity contribution in [1.29, 1.82) is 0 Å². The highest BCUT2D eigenvalue weighted by Crippen LogP contribution is 2.22. The van der Waals surface area contributed by atoms with Gasteiger partial charge in [0.2, 0.25) is 17.7 Å². The van der Waals surface area contributed by atoms with Crippen LogP contribution in [0.3, 0.4) is 0 Å². The Bertz CT molecular complexity index is 982. The van der Waals surface area contributed by atoms with E-state index in [-0.39, 0.29) is 41.5 Å². The molecule has 16 nitrogen and oxygen atoms in total. The minimum atomic E-state index is -0.639. The third kappa shape index (κ3) is 29.1. The van der Waals surface area contributed by atoms with Crippen LogP contribution in [0.2, 0.25) is 0 Å². The number of likely N-dealkylation sites (N-methyl/N-ethyl adjacent to an activating group) is 1. The van der Waals surface area contributed by atoms with Crippen LogP contribution in [-0.4, -0.2) is 167 Å². The number of nitrogens with one attached hydrogen (secondary N) is 2. The number of carbonyl (C=O) groups excluding carboxylic acids is 3. The molecule has 0 saturated heterocycles. The number of amides is 3. The molecule has 0 bridgehead atoms. The first kappa shape index (κ1) is 51.8. The molecule has 318 valence electrons. The maximum Gasteiger partial charge on any atom is 0.246 e. The zero-order chi connectivity index (χ0) is 40.5. The van der Waals surface area contributed by atoms with Crippen LogP contribution >= 0.6 is 0 Å². The first-order valence-electron chi connectivity index (χ1n) is 19.4. The summed E-state index contributed by atoms with van der Waals surface area (Å²) in [5.41, 5.74) is 11.7. The molecule has 0 rings (SSSR count). The monoisotopic (exact) mass is 778 g/mol. The number of rotatable bonds is 36. The fraction of sp³-hybridized carbons (Fsp3) is 0.868. The maximum absolute atomic E-state index is 12.9. The SMILES string of the molecule is C/C(=C\[C@H](C(C)C)N(C)C(=O)[C@@H](N)C(C)(C)C)C(=O)NCCCCNC(=O)CCOCCOCCOCCOCCOCCOCCOCCOCCN. The molecule has 6 N–H and O–H groups in total. The number of ether oxygens (including phenoxy) is 8. The fourth-order valence-corrected chi connectivity index (χ4v) is 4.62. The highest BCUT2D eigenvalue weighted by Gasteiger charge is 2.33. The normalized spacial score (nSPS) is 13.3. The zero-order valence-corrected chi connectivity index (χ0v) is 34.5. The number of carbonyl (C=O) groups is 3. The second kappa shape index (κ2) is 34.0. The van der Waals surface area contributed by atoms with Gasteiger partial charge in [0.15, 0.2) is 0 Å². The van der Waals surface area contributed by atoms with Gasteiger partial charge >= 0.3 is 0 Å². The van der Waals surface area contributed by atoms with Crippen molar-refractivity contribution < 1.29 is 52.3 Å². The van der Waals surface area contributed by atoms with Gasteiger partial charge in [-0.25, -0.2) is 0 Å². The Labute approximate surface area is 324 Å². The quantitative estimate of drug-likeness (QED) is 0.0524. The van der Waals surface area contributed by atoms with Crippen LogP contribution in [0.25, 0.3) is 0 Å². The highest BCUT2D eigenvalue weighted by atomic mass is 16.6. The van der Waals surface area contributed by atoms with Gasteiger partial charge in [-0.2, -0.15) is 0 Å². The van der Waals surface area contributed by atoms with E-state index in [1.165, 1.54) is 0 Å². The van der Waals surface area contributed by atoms with Gasteiger partial charge < -0.3 is 64.9 Å². The van der Waals surface area contributed by atoms with Gasteiger partial charge in [0.25, 0.3) is 0 Å². The largest absolute Gasteiger partial charge is 0.379 e. The van der Waals surface area contributed by atoms with Crippen molar-refractivity contribution in [2.75, 3.05) is 132 Å². The van der Waals surface area contributed by atoms with E-state index < -0.39 is 6.04 Å². The van der Waals surface area contributed by atoms with Crippen molar-refractivity contribution >= 4 is 17.7 Å². The van der Waals surface area contributed by atoms with Crippen LogP contribution in [0, 0.1) is 11.3 Å². The maximum atomic E-state index is 12.9. The second-order valence-corrected chi connectivity index (χ2v) is 14.1. The van der Waals surface area contributed by atoms with Crippen molar-refractivity contribution in [3.05, 3.63) is 11.6 Å². The molecule has 0 aromatic heterocycles. The molecular formula is C38H75N5O11. The number of hydrogen-bond donors (Lipinski definition) is 4.